The fourth-order valence-electron chi connectivity index (χ4n) is 2.25. The summed E-state index contributed by atoms with van der Waals surface area (Å²) >= 11 is 5.93. The fraction of sp³-hybridized carbons (Fsp3) is 0.0588. The molecule has 0 spiro atoms. The third-order valence-corrected chi connectivity index (χ3v) is 3.42. The lowest BCUT2D eigenvalue weighted by Gasteiger charge is -2.08. The zero-order valence-electron chi connectivity index (χ0n) is 10.7. The molecule has 0 aliphatic carbocycles. The van der Waals surface area contributed by atoms with Crippen molar-refractivity contribution >= 4 is 22.4 Å². The van der Waals surface area contributed by atoms with Crippen LogP contribution in [0.25, 0.3) is 22.0 Å². The van der Waals surface area contributed by atoms with E-state index in [0.717, 1.165) is 27.7 Å². The molecule has 1 heterocycles. The van der Waals surface area contributed by atoms with Crippen molar-refractivity contribution in [2.24, 2.45) is 0 Å². The summed E-state index contributed by atoms with van der Waals surface area (Å²) in [5, 5.41) is 11.8. The van der Waals surface area contributed by atoms with Crippen molar-refractivity contribution < 1.29 is 0 Å². The van der Waals surface area contributed by atoms with Gasteiger partial charge in [0.15, 0.2) is 0 Å². The number of aromatic nitrogens is 1. The van der Waals surface area contributed by atoms with Crippen molar-refractivity contribution in [1.29, 1.82) is 5.26 Å². The molecule has 2 aromatic carbocycles. The van der Waals surface area contributed by atoms with E-state index in [1.807, 2.05) is 54.6 Å². The van der Waals surface area contributed by atoms with Crippen molar-refractivity contribution in [1.82, 2.24) is 4.98 Å². The Bertz CT molecular complexity index is 801. The summed E-state index contributed by atoms with van der Waals surface area (Å²) in [4.78, 5) is 4.62. The molecule has 20 heavy (non-hydrogen) atoms. The molecule has 0 aliphatic heterocycles. The number of hydrogen-bond donors (Lipinski definition) is 0. The standard InChI is InChI=1S/C17H11ClN2/c18-14-7-5-12(6-8-14)17-16-4-2-1-3-13(16)11-15(20-17)9-10-19/h1-8,11H,9H2. The Morgan fingerprint density at radius 2 is 1.80 bits per heavy atom. The molecule has 3 heteroatoms. The Morgan fingerprint density at radius 3 is 2.55 bits per heavy atom. The number of hydrogen-bond acceptors (Lipinski definition) is 2. The molecule has 3 aromatic rings. The van der Waals surface area contributed by atoms with E-state index in [4.69, 9.17) is 16.9 Å². The first-order chi connectivity index (χ1) is 9.78. The number of rotatable bonds is 2. The van der Waals surface area contributed by atoms with Gasteiger partial charge in [-0.1, -0.05) is 48.0 Å². The molecule has 0 aliphatic rings. The van der Waals surface area contributed by atoms with Crippen LogP contribution in [-0.4, -0.2) is 4.98 Å². The molecule has 0 amide bonds. The minimum atomic E-state index is 0.311. The monoisotopic (exact) mass is 278 g/mol. The average Bonchev–Trinajstić information content (AvgIpc) is 2.48. The Labute approximate surface area is 122 Å². The van der Waals surface area contributed by atoms with Crippen molar-refractivity contribution in [3.8, 4) is 17.3 Å². The highest BCUT2D eigenvalue weighted by Gasteiger charge is 2.08. The summed E-state index contributed by atoms with van der Waals surface area (Å²) in [5.74, 6) is 0. The first-order valence-electron chi connectivity index (χ1n) is 6.29. The summed E-state index contributed by atoms with van der Waals surface area (Å²) < 4.78 is 0. The Kier molecular flexibility index (Phi) is 3.37. The largest absolute Gasteiger partial charge is 0.251 e. The maximum Gasteiger partial charge on any atom is 0.0784 e. The highest BCUT2D eigenvalue weighted by molar-refractivity contribution is 6.30. The maximum absolute atomic E-state index is 8.88. The first-order valence-corrected chi connectivity index (χ1v) is 6.67. The third-order valence-electron chi connectivity index (χ3n) is 3.17. The summed E-state index contributed by atoms with van der Waals surface area (Å²) in [7, 11) is 0. The fourth-order valence-corrected chi connectivity index (χ4v) is 2.38. The van der Waals surface area contributed by atoms with Crippen LogP contribution in [0.5, 0.6) is 0 Å². The summed E-state index contributed by atoms with van der Waals surface area (Å²) in [6, 6.07) is 19.8. The van der Waals surface area contributed by atoms with Gasteiger partial charge in [0.25, 0.3) is 0 Å². The maximum atomic E-state index is 8.88. The molecule has 0 saturated carbocycles. The van der Waals surface area contributed by atoms with Gasteiger partial charge in [0, 0.05) is 16.0 Å². The quantitative estimate of drug-likeness (QED) is 0.686. The molecule has 3 rings (SSSR count). The normalized spacial score (nSPS) is 10.4. The molecule has 0 atom stereocenters. The van der Waals surface area contributed by atoms with E-state index in [9.17, 15) is 0 Å². The molecule has 0 radical (unpaired) electrons. The van der Waals surface area contributed by atoms with Crippen LogP contribution in [0.15, 0.2) is 54.6 Å². The summed E-state index contributed by atoms with van der Waals surface area (Å²) in [6.07, 6.45) is 0.311. The molecule has 96 valence electrons. The van der Waals surface area contributed by atoms with E-state index in [-0.39, 0.29) is 0 Å². The van der Waals surface area contributed by atoms with E-state index in [1.165, 1.54) is 0 Å². The molecular formula is C17H11ClN2. The Balaban J connectivity index is 2.27. The number of halogens is 1. The van der Waals surface area contributed by atoms with Crippen molar-refractivity contribution in [2.45, 2.75) is 6.42 Å². The zero-order valence-corrected chi connectivity index (χ0v) is 11.4. The van der Waals surface area contributed by atoms with Crippen LogP contribution in [0.2, 0.25) is 5.02 Å². The van der Waals surface area contributed by atoms with E-state index >= 15 is 0 Å². The van der Waals surface area contributed by atoms with Crippen LogP contribution in [0.1, 0.15) is 5.69 Å². The predicted octanol–water partition coefficient (Wildman–Crippen LogP) is 4.62. The minimum Gasteiger partial charge on any atom is -0.251 e. The van der Waals surface area contributed by atoms with Crippen molar-refractivity contribution in [3.63, 3.8) is 0 Å². The van der Waals surface area contributed by atoms with Gasteiger partial charge in [-0.15, -0.1) is 0 Å². The number of fused-ring (bicyclic) bond motifs is 1. The molecule has 0 saturated heterocycles. The molecule has 0 N–H and O–H groups in total. The highest BCUT2D eigenvalue weighted by Crippen LogP contribution is 2.28. The van der Waals surface area contributed by atoms with Gasteiger partial charge in [0.05, 0.1) is 23.9 Å². The number of nitriles is 1. The van der Waals surface area contributed by atoms with Gasteiger partial charge >= 0.3 is 0 Å². The number of benzene rings is 2. The van der Waals surface area contributed by atoms with Gasteiger partial charge in [-0.2, -0.15) is 5.26 Å². The molecule has 0 fully saturated rings. The first kappa shape index (κ1) is 12.7. The molecule has 2 nitrogen and oxygen atoms in total. The topological polar surface area (TPSA) is 36.7 Å². The van der Waals surface area contributed by atoms with Crippen molar-refractivity contribution in [2.75, 3.05) is 0 Å². The second-order valence-electron chi connectivity index (χ2n) is 4.53. The third kappa shape index (κ3) is 2.36. The minimum absolute atomic E-state index is 0.311. The lowest BCUT2D eigenvalue weighted by molar-refractivity contribution is 1.13. The number of nitrogens with zero attached hydrogens (tertiary/aromatic N) is 2. The second kappa shape index (κ2) is 5.32. The van der Waals surface area contributed by atoms with Gasteiger partial charge in [0.2, 0.25) is 0 Å². The highest BCUT2D eigenvalue weighted by atomic mass is 35.5. The van der Waals surface area contributed by atoms with Gasteiger partial charge in [-0.05, 0) is 23.6 Å². The predicted molar refractivity (Wildman–Crippen MR) is 81.5 cm³/mol. The van der Waals surface area contributed by atoms with Crippen LogP contribution in [0, 0.1) is 11.3 Å². The molecule has 0 unspecified atom stereocenters. The van der Waals surface area contributed by atoms with Crippen molar-refractivity contribution in [3.05, 3.63) is 65.3 Å². The lowest BCUT2D eigenvalue weighted by atomic mass is 10.0. The van der Waals surface area contributed by atoms with Crippen LogP contribution in [0.4, 0.5) is 0 Å². The van der Waals surface area contributed by atoms with Crippen LogP contribution < -0.4 is 0 Å². The van der Waals surface area contributed by atoms with E-state index < -0.39 is 0 Å². The smallest absolute Gasteiger partial charge is 0.0784 e. The zero-order chi connectivity index (χ0) is 13.9. The van der Waals surface area contributed by atoms with Gasteiger partial charge in [-0.25, -0.2) is 0 Å². The SMILES string of the molecule is N#CCc1cc2ccccc2c(-c2ccc(Cl)cc2)n1. The lowest BCUT2D eigenvalue weighted by Crippen LogP contribution is -1.93. The van der Waals surface area contributed by atoms with Gasteiger partial charge in [0.1, 0.15) is 0 Å². The molecular weight excluding hydrogens is 268 g/mol. The Morgan fingerprint density at radius 1 is 1.05 bits per heavy atom. The van der Waals surface area contributed by atoms with Gasteiger partial charge in [-0.3, -0.25) is 4.98 Å². The van der Waals surface area contributed by atoms with Crippen LogP contribution in [0.3, 0.4) is 0 Å². The average molecular weight is 279 g/mol. The molecule has 0 bridgehead atoms. The van der Waals surface area contributed by atoms with Crippen LogP contribution in [-0.2, 0) is 6.42 Å². The Hall–Kier alpha value is -2.37. The van der Waals surface area contributed by atoms with Crippen LogP contribution >= 0.6 is 11.6 Å². The van der Waals surface area contributed by atoms with Gasteiger partial charge < -0.3 is 0 Å². The summed E-state index contributed by atoms with van der Waals surface area (Å²) in [6.45, 7) is 0. The summed E-state index contributed by atoms with van der Waals surface area (Å²) in [5.41, 5.74) is 2.69. The van der Waals surface area contributed by atoms with E-state index in [1.54, 1.807) is 0 Å². The second-order valence-corrected chi connectivity index (χ2v) is 4.96. The van der Waals surface area contributed by atoms with E-state index in [2.05, 4.69) is 11.1 Å². The van der Waals surface area contributed by atoms with E-state index in [0.29, 0.717) is 11.4 Å². The molecule has 1 aromatic heterocycles. The number of pyridine rings is 1.